The highest BCUT2D eigenvalue weighted by atomic mass is 15.3. The second-order valence-corrected chi connectivity index (χ2v) is 8.04. The smallest absolute Gasteiger partial charge is 0.227 e. The molecule has 0 spiro atoms. The highest BCUT2D eigenvalue weighted by Gasteiger charge is 2.16. The van der Waals surface area contributed by atoms with Crippen LogP contribution in [-0.4, -0.2) is 37.8 Å². The van der Waals surface area contributed by atoms with Crippen molar-refractivity contribution in [1.29, 1.82) is 0 Å². The van der Waals surface area contributed by atoms with Crippen molar-refractivity contribution >= 4 is 11.6 Å². The fourth-order valence-electron chi connectivity index (χ4n) is 4.16. The molecule has 5 rings (SSSR count). The third-order valence-corrected chi connectivity index (χ3v) is 5.89. The van der Waals surface area contributed by atoms with Crippen LogP contribution < -0.4 is 10.6 Å². The van der Waals surface area contributed by atoms with E-state index in [0.717, 1.165) is 47.8 Å². The molecule has 7 nitrogen and oxygen atoms in total. The molecule has 1 atom stereocenters. The van der Waals surface area contributed by atoms with Crippen molar-refractivity contribution in [1.82, 2.24) is 30.0 Å². The molecule has 1 saturated heterocycles. The number of nitrogens with zero attached hydrogens (tertiary/aromatic N) is 5. The van der Waals surface area contributed by atoms with E-state index < -0.39 is 0 Å². The van der Waals surface area contributed by atoms with Gasteiger partial charge in [-0.3, -0.25) is 9.67 Å². The van der Waals surface area contributed by atoms with Crippen LogP contribution in [0, 0.1) is 0 Å². The molecule has 0 amide bonds. The van der Waals surface area contributed by atoms with Crippen LogP contribution in [0.2, 0.25) is 0 Å². The molecular weight excluding hydrogens is 398 g/mol. The lowest BCUT2D eigenvalue weighted by atomic mass is 9.92. The minimum Gasteiger partial charge on any atom is -0.324 e. The van der Waals surface area contributed by atoms with Gasteiger partial charge in [0.25, 0.3) is 0 Å². The fraction of sp³-hybridized carbons (Fsp3) is 0.280. The average Bonchev–Trinajstić information content (AvgIpc) is 3.31. The van der Waals surface area contributed by atoms with E-state index in [1.54, 1.807) is 12.4 Å². The Morgan fingerprint density at radius 2 is 2.03 bits per heavy atom. The number of nitrogens with one attached hydrogen (secondary N) is 2. The zero-order chi connectivity index (χ0) is 21.8. The molecule has 0 aliphatic carbocycles. The predicted molar refractivity (Wildman–Crippen MR) is 127 cm³/mol. The molecule has 2 N–H and O–H groups in total. The molecule has 1 aromatic carbocycles. The summed E-state index contributed by atoms with van der Waals surface area (Å²) >= 11 is 0. The fourth-order valence-corrected chi connectivity index (χ4v) is 4.16. The first-order chi connectivity index (χ1) is 15.8. The molecule has 0 saturated carbocycles. The van der Waals surface area contributed by atoms with Gasteiger partial charge in [-0.15, -0.1) is 0 Å². The van der Waals surface area contributed by atoms with Crippen LogP contribution in [0.15, 0.2) is 67.3 Å². The number of aryl methyl sites for hydroxylation is 1. The Bertz CT molecular complexity index is 1160. The zero-order valence-corrected chi connectivity index (χ0v) is 18.2. The summed E-state index contributed by atoms with van der Waals surface area (Å²) in [5, 5.41) is 11.6. The lowest BCUT2D eigenvalue weighted by Crippen LogP contribution is -2.28. The Labute approximate surface area is 188 Å². The number of pyridine rings is 1. The van der Waals surface area contributed by atoms with Crippen LogP contribution in [0.5, 0.6) is 0 Å². The van der Waals surface area contributed by atoms with Gasteiger partial charge in [0.2, 0.25) is 5.95 Å². The molecule has 162 valence electrons. The van der Waals surface area contributed by atoms with Gasteiger partial charge >= 0.3 is 0 Å². The third-order valence-electron chi connectivity index (χ3n) is 5.89. The van der Waals surface area contributed by atoms with Crippen LogP contribution in [0.25, 0.3) is 22.5 Å². The van der Waals surface area contributed by atoms with E-state index in [2.05, 4.69) is 51.8 Å². The van der Waals surface area contributed by atoms with Gasteiger partial charge in [-0.25, -0.2) is 9.97 Å². The van der Waals surface area contributed by atoms with Gasteiger partial charge in [0.15, 0.2) is 0 Å². The minimum absolute atomic E-state index is 0.566. The van der Waals surface area contributed by atoms with Crippen molar-refractivity contribution < 1.29 is 0 Å². The van der Waals surface area contributed by atoms with Crippen molar-refractivity contribution in [3.63, 3.8) is 0 Å². The molecule has 1 unspecified atom stereocenters. The van der Waals surface area contributed by atoms with Crippen LogP contribution in [0.3, 0.4) is 0 Å². The first kappa shape index (κ1) is 20.3. The number of anilines is 2. The van der Waals surface area contributed by atoms with Crippen molar-refractivity contribution in [2.75, 3.05) is 18.4 Å². The lowest BCUT2D eigenvalue weighted by Gasteiger charge is -2.23. The Morgan fingerprint density at radius 1 is 1.12 bits per heavy atom. The monoisotopic (exact) mass is 425 g/mol. The van der Waals surface area contributed by atoms with Crippen molar-refractivity contribution in [2.45, 2.75) is 32.2 Å². The normalized spacial score (nSPS) is 16.1. The molecule has 32 heavy (non-hydrogen) atoms. The summed E-state index contributed by atoms with van der Waals surface area (Å²) in [7, 11) is 0. The second kappa shape index (κ2) is 9.28. The summed E-state index contributed by atoms with van der Waals surface area (Å²) in [4.78, 5) is 13.5. The van der Waals surface area contributed by atoms with E-state index in [-0.39, 0.29) is 0 Å². The summed E-state index contributed by atoms with van der Waals surface area (Å²) in [5.41, 5.74) is 5.99. The number of piperidine rings is 1. The molecule has 4 aromatic rings. The largest absolute Gasteiger partial charge is 0.324 e. The van der Waals surface area contributed by atoms with E-state index in [1.165, 1.54) is 18.4 Å². The van der Waals surface area contributed by atoms with Gasteiger partial charge in [0.05, 0.1) is 5.69 Å². The van der Waals surface area contributed by atoms with Crippen LogP contribution in [0.4, 0.5) is 11.6 Å². The Hall–Kier alpha value is -3.58. The summed E-state index contributed by atoms with van der Waals surface area (Å²) in [6.07, 6.45) is 9.89. The highest BCUT2D eigenvalue weighted by molar-refractivity contribution is 5.78. The quantitative estimate of drug-likeness (QED) is 0.469. The van der Waals surface area contributed by atoms with E-state index in [9.17, 15) is 0 Å². The molecule has 1 aliphatic heterocycles. The third kappa shape index (κ3) is 4.38. The van der Waals surface area contributed by atoms with Gasteiger partial charge in [-0.1, -0.05) is 12.1 Å². The van der Waals surface area contributed by atoms with Gasteiger partial charge in [0.1, 0.15) is 5.69 Å². The average molecular weight is 426 g/mol. The Balaban J connectivity index is 1.39. The number of aromatic nitrogens is 5. The summed E-state index contributed by atoms with van der Waals surface area (Å²) in [6, 6.07) is 14.5. The van der Waals surface area contributed by atoms with E-state index >= 15 is 0 Å². The summed E-state index contributed by atoms with van der Waals surface area (Å²) in [5.74, 6) is 1.16. The van der Waals surface area contributed by atoms with Gasteiger partial charge in [-0.2, -0.15) is 5.10 Å². The molecule has 1 aliphatic rings. The van der Waals surface area contributed by atoms with Crippen molar-refractivity contribution in [3.05, 3.63) is 72.8 Å². The van der Waals surface area contributed by atoms with Crippen molar-refractivity contribution in [3.8, 4) is 22.5 Å². The maximum atomic E-state index is 4.78. The van der Waals surface area contributed by atoms with Crippen LogP contribution in [0.1, 0.15) is 31.2 Å². The van der Waals surface area contributed by atoms with Gasteiger partial charge < -0.3 is 10.6 Å². The standard InChI is InChI=1S/C25H27N7/c1-2-32-17-22(24(31-32)20-6-4-13-27-16-20)23-11-14-28-25(30-23)29-21-9-7-18(8-10-21)19-5-3-12-26-15-19/h4,6-11,13-14,16-17,19,26H,2-3,5,12,15H2,1H3,(H,28,29,30). The predicted octanol–water partition coefficient (Wildman–Crippen LogP) is 4.63. The van der Waals surface area contributed by atoms with E-state index in [0.29, 0.717) is 11.9 Å². The zero-order valence-electron chi connectivity index (χ0n) is 18.2. The molecule has 1 fully saturated rings. The van der Waals surface area contributed by atoms with Crippen molar-refractivity contribution in [2.24, 2.45) is 0 Å². The first-order valence-corrected chi connectivity index (χ1v) is 11.2. The van der Waals surface area contributed by atoms with Gasteiger partial charge in [-0.05, 0) is 68.1 Å². The molecule has 0 bridgehead atoms. The summed E-state index contributed by atoms with van der Waals surface area (Å²) in [6.45, 7) is 5.04. The van der Waals surface area contributed by atoms with Gasteiger partial charge in [0, 0.05) is 54.7 Å². The van der Waals surface area contributed by atoms with E-state index in [1.807, 2.05) is 35.3 Å². The minimum atomic E-state index is 0.566. The molecule has 3 aromatic heterocycles. The Morgan fingerprint density at radius 3 is 2.78 bits per heavy atom. The number of hydrogen-bond acceptors (Lipinski definition) is 6. The molecule has 0 radical (unpaired) electrons. The maximum absolute atomic E-state index is 4.78. The molecular formula is C25H27N7. The van der Waals surface area contributed by atoms with Crippen LogP contribution >= 0.6 is 0 Å². The lowest BCUT2D eigenvalue weighted by molar-refractivity contribution is 0.461. The highest BCUT2D eigenvalue weighted by Crippen LogP contribution is 2.30. The number of benzene rings is 1. The maximum Gasteiger partial charge on any atom is 0.227 e. The Kier molecular flexibility index (Phi) is 5.89. The second-order valence-electron chi connectivity index (χ2n) is 8.04. The molecule has 7 heteroatoms. The number of rotatable bonds is 6. The first-order valence-electron chi connectivity index (χ1n) is 11.2. The molecule has 4 heterocycles. The summed E-state index contributed by atoms with van der Waals surface area (Å²) < 4.78 is 1.92. The topological polar surface area (TPSA) is 80.5 Å². The van der Waals surface area contributed by atoms with E-state index in [4.69, 9.17) is 10.1 Å². The SMILES string of the molecule is CCn1cc(-c2ccnc(Nc3ccc(C4CCCNC4)cc3)n2)c(-c2cccnc2)n1. The number of hydrogen-bond donors (Lipinski definition) is 2. The van der Waals surface area contributed by atoms with Crippen LogP contribution in [-0.2, 0) is 6.54 Å².